The second-order valence-electron chi connectivity index (χ2n) is 6.79. The number of hydrogen-bond donors (Lipinski definition) is 1. The predicted molar refractivity (Wildman–Crippen MR) is 118 cm³/mol. The number of amides is 1. The van der Waals surface area contributed by atoms with Crippen LogP contribution in [0.2, 0.25) is 5.02 Å². The van der Waals surface area contributed by atoms with Crippen molar-refractivity contribution in [2.45, 2.75) is 23.7 Å². The Bertz CT molecular complexity index is 1220. The van der Waals surface area contributed by atoms with Crippen molar-refractivity contribution in [3.05, 3.63) is 64.7 Å². The fourth-order valence-electron chi connectivity index (χ4n) is 2.36. The molecule has 0 spiro atoms. The van der Waals surface area contributed by atoms with Crippen molar-refractivity contribution in [3.63, 3.8) is 0 Å². The first kappa shape index (κ1) is 29.3. The number of ether oxygens (including phenoxy) is 1. The number of nitrogens with zero attached hydrogens (tertiary/aromatic N) is 1. The van der Waals surface area contributed by atoms with E-state index in [4.69, 9.17) is 11.6 Å². The second-order valence-corrected chi connectivity index (χ2v) is 9.31. The molecule has 2 aromatic carbocycles. The Morgan fingerprint density at radius 1 is 0.944 bits per heavy atom. The highest BCUT2D eigenvalue weighted by Crippen LogP contribution is 2.27. The van der Waals surface area contributed by atoms with Gasteiger partial charge in [0, 0.05) is 22.6 Å². The SMILES string of the molecule is O=C(COC(=O)CCC(F)(F)Cl)NN=C(c1ccc(Cl)cc1)c1ccc(OS(=O)(=O)C(F)(F)F)cc1. The van der Waals surface area contributed by atoms with Gasteiger partial charge in [-0.2, -0.15) is 35.5 Å². The van der Waals surface area contributed by atoms with Crippen LogP contribution in [0, 0.1) is 0 Å². The molecule has 8 nitrogen and oxygen atoms in total. The molecule has 196 valence electrons. The molecule has 0 saturated heterocycles. The van der Waals surface area contributed by atoms with Gasteiger partial charge in [-0.1, -0.05) is 23.7 Å². The molecule has 0 aromatic heterocycles. The Balaban J connectivity index is 2.18. The monoisotopic (exact) mass is 576 g/mol. The lowest BCUT2D eigenvalue weighted by molar-refractivity contribution is -0.149. The van der Waals surface area contributed by atoms with E-state index in [0.717, 1.165) is 12.1 Å². The number of hydrazone groups is 1. The number of alkyl halides is 6. The number of halogens is 7. The summed E-state index contributed by atoms with van der Waals surface area (Å²) in [6.07, 6.45) is -1.72. The summed E-state index contributed by atoms with van der Waals surface area (Å²) < 4.78 is 93.6. The Kier molecular flexibility index (Phi) is 9.63. The Morgan fingerprint density at radius 3 is 1.97 bits per heavy atom. The highest BCUT2D eigenvalue weighted by molar-refractivity contribution is 7.88. The molecule has 0 aliphatic carbocycles. The third kappa shape index (κ3) is 9.24. The molecule has 36 heavy (non-hydrogen) atoms. The Hall–Kier alpha value is -2.97. The van der Waals surface area contributed by atoms with Crippen molar-refractivity contribution >= 4 is 50.9 Å². The fraction of sp³-hybridized carbons (Fsp3) is 0.250. The Labute approximate surface area is 211 Å². The summed E-state index contributed by atoms with van der Waals surface area (Å²) in [7, 11) is -5.88. The van der Waals surface area contributed by atoms with Gasteiger partial charge in [-0.15, -0.1) is 0 Å². The summed E-state index contributed by atoms with van der Waals surface area (Å²) in [6.45, 7) is -0.855. The molecular formula is C20H15Cl2F5N2O6S. The van der Waals surface area contributed by atoms with E-state index in [2.05, 4.69) is 31.0 Å². The first-order valence-corrected chi connectivity index (χ1v) is 11.7. The molecule has 0 heterocycles. The predicted octanol–water partition coefficient (Wildman–Crippen LogP) is 4.59. The van der Waals surface area contributed by atoms with Crippen LogP contribution in [0.5, 0.6) is 5.75 Å². The average Bonchev–Trinajstić information content (AvgIpc) is 2.77. The van der Waals surface area contributed by atoms with E-state index >= 15 is 0 Å². The second kappa shape index (κ2) is 11.8. The molecule has 1 amide bonds. The summed E-state index contributed by atoms with van der Waals surface area (Å²) in [4.78, 5) is 23.4. The number of rotatable bonds is 10. The molecular weight excluding hydrogens is 562 g/mol. The third-order valence-corrected chi connectivity index (χ3v) is 5.42. The van der Waals surface area contributed by atoms with E-state index in [1.807, 2.05) is 0 Å². The fourth-order valence-corrected chi connectivity index (χ4v) is 3.04. The number of esters is 1. The van der Waals surface area contributed by atoms with Crippen LogP contribution in [0.1, 0.15) is 24.0 Å². The number of nitrogens with one attached hydrogen (secondary N) is 1. The first-order valence-electron chi connectivity index (χ1n) is 9.53. The van der Waals surface area contributed by atoms with Crippen LogP contribution in [0.15, 0.2) is 53.6 Å². The van der Waals surface area contributed by atoms with E-state index in [-0.39, 0.29) is 11.3 Å². The number of carbonyl (C=O) groups excluding carboxylic acids is 2. The van der Waals surface area contributed by atoms with Crippen molar-refractivity contribution in [2.75, 3.05) is 6.61 Å². The highest BCUT2D eigenvalue weighted by atomic mass is 35.5. The molecule has 2 aromatic rings. The van der Waals surface area contributed by atoms with Crippen LogP contribution in [-0.2, 0) is 24.4 Å². The van der Waals surface area contributed by atoms with Gasteiger partial charge in [0.2, 0.25) is 0 Å². The topological polar surface area (TPSA) is 111 Å². The average molecular weight is 577 g/mol. The first-order chi connectivity index (χ1) is 16.6. The quantitative estimate of drug-likeness (QED) is 0.0842. The minimum absolute atomic E-state index is 0.0540. The zero-order valence-corrected chi connectivity index (χ0v) is 20.0. The molecule has 0 aliphatic heterocycles. The van der Waals surface area contributed by atoms with Gasteiger partial charge in [-0.25, -0.2) is 5.43 Å². The van der Waals surface area contributed by atoms with Gasteiger partial charge in [0.15, 0.2) is 6.61 Å². The van der Waals surface area contributed by atoms with Gasteiger partial charge in [0.1, 0.15) is 5.75 Å². The standard InChI is InChI=1S/C20H15Cl2F5N2O6S/c21-14-5-1-12(2-6-14)18(29-28-16(30)11-34-17(31)9-10-19(22,23)24)13-3-7-15(8-4-13)35-36(32,33)20(25,26)27/h1-8H,9-11H2,(H,28,30). The maximum absolute atomic E-state index is 12.6. The third-order valence-electron chi connectivity index (χ3n) is 4.00. The number of benzene rings is 2. The van der Waals surface area contributed by atoms with Crippen LogP contribution >= 0.6 is 23.2 Å². The zero-order chi connectivity index (χ0) is 27.1. The van der Waals surface area contributed by atoms with Crippen molar-refractivity contribution in [1.29, 1.82) is 0 Å². The van der Waals surface area contributed by atoms with Gasteiger partial charge >= 0.3 is 27.0 Å². The minimum atomic E-state index is -5.88. The molecule has 0 unspecified atom stereocenters. The lowest BCUT2D eigenvalue weighted by Gasteiger charge is -2.11. The van der Waals surface area contributed by atoms with E-state index in [0.29, 0.717) is 10.6 Å². The highest BCUT2D eigenvalue weighted by Gasteiger charge is 2.48. The molecule has 2 rings (SSSR count). The summed E-state index contributed by atoms with van der Waals surface area (Å²) >= 11 is 10.5. The van der Waals surface area contributed by atoms with Gasteiger partial charge < -0.3 is 8.92 Å². The van der Waals surface area contributed by atoms with E-state index in [1.165, 1.54) is 36.4 Å². The van der Waals surface area contributed by atoms with Gasteiger partial charge in [0.05, 0.1) is 12.1 Å². The lowest BCUT2D eigenvalue weighted by Crippen LogP contribution is -2.28. The van der Waals surface area contributed by atoms with Crippen molar-refractivity contribution in [3.8, 4) is 5.75 Å². The van der Waals surface area contributed by atoms with Crippen LogP contribution < -0.4 is 9.61 Å². The maximum atomic E-state index is 12.6. The van der Waals surface area contributed by atoms with Crippen molar-refractivity contribution in [1.82, 2.24) is 5.43 Å². The summed E-state index contributed by atoms with van der Waals surface area (Å²) in [5.74, 6) is -2.68. The zero-order valence-electron chi connectivity index (χ0n) is 17.7. The molecule has 0 saturated carbocycles. The molecule has 16 heteroatoms. The number of carbonyl (C=O) groups is 2. The van der Waals surface area contributed by atoms with Crippen LogP contribution in [0.3, 0.4) is 0 Å². The summed E-state index contributed by atoms with van der Waals surface area (Å²) in [6, 6.07) is 10.2. The van der Waals surface area contributed by atoms with E-state index in [1.54, 1.807) is 0 Å². The molecule has 0 atom stereocenters. The molecule has 1 N–H and O–H groups in total. The van der Waals surface area contributed by atoms with Gasteiger partial charge in [0.25, 0.3) is 5.91 Å². The van der Waals surface area contributed by atoms with E-state index in [9.17, 15) is 40.0 Å². The molecule has 0 aliphatic rings. The van der Waals surface area contributed by atoms with Crippen LogP contribution in [0.4, 0.5) is 22.0 Å². The van der Waals surface area contributed by atoms with Gasteiger partial charge in [-0.3, -0.25) is 9.59 Å². The molecule has 0 radical (unpaired) electrons. The normalized spacial score (nSPS) is 12.7. The molecule has 0 bridgehead atoms. The largest absolute Gasteiger partial charge is 0.534 e. The Morgan fingerprint density at radius 2 is 1.47 bits per heavy atom. The van der Waals surface area contributed by atoms with Crippen LogP contribution in [-0.4, -0.2) is 43.5 Å². The van der Waals surface area contributed by atoms with Crippen LogP contribution in [0.25, 0.3) is 0 Å². The van der Waals surface area contributed by atoms with Crippen molar-refractivity contribution < 1.29 is 48.9 Å². The van der Waals surface area contributed by atoms with E-state index < -0.39 is 58.1 Å². The summed E-state index contributed by atoms with van der Waals surface area (Å²) in [5.41, 5.74) is -2.91. The smallest absolute Gasteiger partial charge is 0.455 e. The molecule has 0 fully saturated rings. The van der Waals surface area contributed by atoms with Crippen molar-refractivity contribution in [2.24, 2.45) is 5.10 Å². The maximum Gasteiger partial charge on any atom is 0.534 e. The summed E-state index contributed by atoms with van der Waals surface area (Å²) in [5, 5.41) is 0.661. The minimum Gasteiger partial charge on any atom is -0.455 e. The van der Waals surface area contributed by atoms with Gasteiger partial charge in [-0.05, 0) is 48.0 Å². The number of hydrogen-bond acceptors (Lipinski definition) is 7. The lowest BCUT2D eigenvalue weighted by atomic mass is 10.0.